The van der Waals surface area contributed by atoms with Crippen LogP contribution in [0, 0.1) is 71.0 Å². The molecule has 2 aromatic carbocycles. The van der Waals surface area contributed by atoms with Gasteiger partial charge in [0.1, 0.15) is 0 Å². The number of methoxy groups -OCH3 is 3. The summed E-state index contributed by atoms with van der Waals surface area (Å²) in [4.78, 5) is 22.6. The summed E-state index contributed by atoms with van der Waals surface area (Å²) in [6.45, 7) is 0.464. The Morgan fingerprint density at radius 3 is 1.47 bits per heavy atom. The van der Waals surface area contributed by atoms with Crippen molar-refractivity contribution in [1.82, 2.24) is 0 Å². The van der Waals surface area contributed by atoms with Crippen LogP contribution in [0.4, 0.5) is 0 Å². The Hall–Kier alpha value is -4.54. The van der Waals surface area contributed by atoms with Crippen LogP contribution in [0.3, 0.4) is 0 Å². The number of esters is 2. The average Bonchev–Trinajstić information content (AvgIpc) is 3.03. The van der Waals surface area contributed by atoms with Crippen LogP contribution in [0.2, 0.25) is 0 Å². The van der Waals surface area contributed by atoms with Gasteiger partial charge in [0.2, 0.25) is 0 Å². The van der Waals surface area contributed by atoms with Crippen molar-refractivity contribution >= 4 is 11.9 Å². The standard InChI is InChI=1S/C18H18O4.C17H16O4/c1-21-12-16-15(11-17(16)19)6-4-3-5-13-7-9-14(10-8-13)18(20)22-2;1-21-17(20)13-8-6-12(7-9-13)4-2-3-5-14-10-16(19)15(14)11-18/h7-10,15-17,19H,11-12H2,1-2H3;6-9,14-16,18-19H,10-11H2,1H3/t15?,16-,17?;14?,15-,16?/m00/s1. The Bertz CT molecular complexity index is 1500. The number of hydrogen-bond donors (Lipinski definition) is 3. The van der Waals surface area contributed by atoms with Crippen LogP contribution in [-0.2, 0) is 14.2 Å². The molecule has 4 unspecified atom stereocenters. The molecule has 43 heavy (non-hydrogen) atoms. The summed E-state index contributed by atoms with van der Waals surface area (Å²) in [5.41, 5.74) is 2.50. The van der Waals surface area contributed by atoms with E-state index in [1.165, 1.54) is 14.2 Å². The van der Waals surface area contributed by atoms with Crippen molar-refractivity contribution in [2.24, 2.45) is 23.7 Å². The number of carbonyl (C=O) groups is 2. The van der Waals surface area contributed by atoms with Crippen molar-refractivity contribution in [2.75, 3.05) is 34.5 Å². The van der Waals surface area contributed by atoms with Gasteiger partial charge in [0.15, 0.2) is 0 Å². The van der Waals surface area contributed by atoms with E-state index in [9.17, 15) is 19.8 Å². The third-order valence-electron chi connectivity index (χ3n) is 7.25. The molecule has 2 aliphatic carbocycles. The van der Waals surface area contributed by atoms with Crippen LogP contribution >= 0.6 is 0 Å². The molecule has 0 amide bonds. The molecular weight excluding hydrogens is 548 g/mol. The van der Waals surface area contributed by atoms with Crippen LogP contribution in [0.1, 0.15) is 44.7 Å². The summed E-state index contributed by atoms with van der Waals surface area (Å²) < 4.78 is 14.3. The first kappa shape index (κ1) is 33.0. The summed E-state index contributed by atoms with van der Waals surface area (Å²) in [6.07, 6.45) is 0.496. The molecule has 0 saturated heterocycles. The van der Waals surface area contributed by atoms with Crippen molar-refractivity contribution < 1.29 is 39.1 Å². The number of aliphatic hydroxyl groups is 3. The number of rotatable bonds is 5. The Morgan fingerprint density at radius 2 is 1.12 bits per heavy atom. The maximum absolute atomic E-state index is 11.3. The molecular formula is C35H34O8. The van der Waals surface area contributed by atoms with Crippen LogP contribution in [0.15, 0.2) is 48.5 Å². The average molecular weight is 583 g/mol. The van der Waals surface area contributed by atoms with Gasteiger partial charge in [0, 0.05) is 48.5 Å². The molecule has 0 heterocycles. The molecule has 2 fully saturated rings. The number of aliphatic hydroxyl groups excluding tert-OH is 3. The predicted octanol–water partition coefficient (Wildman–Crippen LogP) is 2.29. The lowest BCUT2D eigenvalue weighted by atomic mass is 9.72. The molecule has 8 nitrogen and oxygen atoms in total. The Balaban J connectivity index is 0.000000236. The quantitative estimate of drug-likeness (QED) is 0.363. The number of ether oxygens (including phenoxy) is 3. The van der Waals surface area contributed by atoms with Crippen molar-refractivity contribution in [3.63, 3.8) is 0 Å². The van der Waals surface area contributed by atoms with Crippen molar-refractivity contribution in [2.45, 2.75) is 25.0 Å². The van der Waals surface area contributed by atoms with Gasteiger partial charge < -0.3 is 29.5 Å². The van der Waals surface area contributed by atoms with E-state index in [-0.39, 0.29) is 48.3 Å². The smallest absolute Gasteiger partial charge is 0.337 e. The molecule has 8 heteroatoms. The molecule has 0 aliphatic heterocycles. The van der Waals surface area contributed by atoms with Gasteiger partial charge in [-0.25, -0.2) is 9.59 Å². The summed E-state index contributed by atoms with van der Waals surface area (Å²) >= 11 is 0. The van der Waals surface area contributed by atoms with Gasteiger partial charge in [-0.15, -0.1) is 0 Å². The molecule has 2 aliphatic rings. The van der Waals surface area contributed by atoms with Crippen LogP contribution in [-0.4, -0.2) is 74.0 Å². The van der Waals surface area contributed by atoms with E-state index in [0.717, 1.165) is 11.1 Å². The van der Waals surface area contributed by atoms with Crippen molar-refractivity contribution in [3.05, 3.63) is 70.8 Å². The van der Waals surface area contributed by atoms with Gasteiger partial charge in [0.25, 0.3) is 0 Å². The topological polar surface area (TPSA) is 123 Å². The highest BCUT2D eigenvalue weighted by atomic mass is 16.5. The van der Waals surface area contributed by atoms with Crippen LogP contribution in [0.25, 0.3) is 0 Å². The predicted molar refractivity (Wildman–Crippen MR) is 159 cm³/mol. The lowest BCUT2D eigenvalue weighted by molar-refractivity contribution is -0.0472. The zero-order valence-electron chi connectivity index (χ0n) is 24.3. The van der Waals surface area contributed by atoms with E-state index in [0.29, 0.717) is 30.6 Å². The second kappa shape index (κ2) is 16.8. The highest BCUT2D eigenvalue weighted by molar-refractivity contribution is 5.89. The highest BCUT2D eigenvalue weighted by Gasteiger charge is 2.39. The molecule has 0 aromatic heterocycles. The zero-order valence-corrected chi connectivity index (χ0v) is 24.3. The monoisotopic (exact) mass is 582 g/mol. The largest absolute Gasteiger partial charge is 0.465 e. The minimum atomic E-state index is -0.451. The third kappa shape index (κ3) is 9.49. The zero-order chi connectivity index (χ0) is 31.2. The molecule has 2 aromatic rings. The van der Waals surface area contributed by atoms with E-state index >= 15 is 0 Å². The normalized spacial score (nSPS) is 22.7. The number of benzene rings is 2. The first-order chi connectivity index (χ1) is 20.8. The number of carbonyl (C=O) groups excluding carboxylic acids is 2. The molecule has 3 N–H and O–H groups in total. The van der Waals surface area contributed by atoms with E-state index < -0.39 is 6.10 Å². The second-order valence-electron chi connectivity index (χ2n) is 9.96. The molecule has 222 valence electrons. The maximum atomic E-state index is 11.3. The Morgan fingerprint density at radius 1 is 0.698 bits per heavy atom. The summed E-state index contributed by atoms with van der Waals surface area (Å²) in [6, 6.07) is 13.6. The minimum Gasteiger partial charge on any atom is -0.465 e. The van der Waals surface area contributed by atoms with Crippen LogP contribution in [0.5, 0.6) is 0 Å². The third-order valence-corrected chi connectivity index (χ3v) is 7.25. The van der Waals surface area contributed by atoms with Crippen LogP contribution < -0.4 is 0 Å². The van der Waals surface area contributed by atoms with E-state index in [1.807, 2.05) is 0 Å². The Kier molecular flexibility index (Phi) is 12.9. The molecule has 0 spiro atoms. The molecule has 6 atom stereocenters. The molecule has 0 bridgehead atoms. The fourth-order valence-electron chi connectivity index (χ4n) is 4.44. The maximum Gasteiger partial charge on any atom is 0.337 e. The summed E-state index contributed by atoms with van der Waals surface area (Å²) in [5.74, 6) is 22.2. The van der Waals surface area contributed by atoms with Gasteiger partial charge in [0.05, 0.1) is 44.2 Å². The second-order valence-corrected chi connectivity index (χ2v) is 9.96. The van der Waals surface area contributed by atoms with Gasteiger partial charge in [-0.05, 0) is 85.1 Å². The lowest BCUT2D eigenvalue weighted by Crippen LogP contribution is -2.43. The van der Waals surface area contributed by atoms with Gasteiger partial charge in [-0.1, -0.05) is 23.7 Å². The SMILES string of the molecule is COC(=O)c1ccc(C#CC#CC2CC(O)[C@H]2CO)cc1.COC[C@@H]1C(O)CC1C#CC#Cc1ccc(C(=O)OC)cc1. The van der Waals surface area contributed by atoms with Gasteiger partial charge in [-0.3, -0.25) is 0 Å². The summed E-state index contributed by atoms with van der Waals surface area (Å²) in [5, 5.41) is 28.1. The molecule has 4 rings (SSSR count). The van der Waals surface area contributed by atoms with E-state index in [2.05, 4.69) is 56.8 Å². The highest BCUT2D eigenvalue weighted by Crippen LogP contribution is 2.34. The fraction of sp³-hybridized carbons (Fsp3) is 0.371. The van der Waals surface area contributed by atoms with E-state index in [1.54, 1.807) is 55.6 Å². The van der Waals surface area contributed by atoms with Crippen molar-refractivity contribution in [3.8, 4) is 47.4 Å². The van der Waals surface area contributed by atoms with Gasteiger partial charge in [-0.2, -0.15) is 0 Å². The minimum absolute atomic E-state index is 0.0148. The molecule has 2 saturated carbocycles. The summed E-state index contributed by atoms with van der Waals surface area (Å²) in [7, 11) is 4.30. The Labute approximate surface area is 252 Å². The number of hydrogen-bond acceptors (Lipinski definition) is 8. The fourth-order valence-corrected chi connectivity index (χ4v) is 4.44. The molecule has 0 radical (unpaired) electrons. The first-order valence-electron chi connectivity index (χ1n) is 13.7. The van der Waals surface area contributed by atoms with Crippen molar-refractivity contribution in [1.29, 1.82) is 0 Å². The lowest BCUT2D eigenvalue weighted by Gasteiger charge is -2.37. The van der Waals surface area contributed by atoms with E-state index in [4.69, 9.17) is 9.84 Å². The van der Waals surface area contributed by atoms with Gasteiger partial charge >= 0.3 is 11.9 Å². The first-order valence-corrected chi connectivity index (χ1v) is 13.7.